The van der Waals surface area contributed by atoms with E-state index in [1.165, 1.54) is 31.4 Å². The summed E-state index contributed by atoms with van der Waals surface area (Å²) in [4.78, 5) is 11.4. The van der Waals surface area contributed by atoms with Gasteiger partial charge in [0.05, 0.1) is 17.6 Å². The molecule has 6 nitrogen and oxygen atoms in total. The van der Waals surface area contributed by atoms with Gasteiger partial charge in [-0.05, 0) is 37.1 Å². The SMILES string of the molecule is CCC(N)(CC)CNS(=O)(=O)c1ccc(C(=O)OC)cc1.Cl. The Morgan fingerprint density at radius 1 is 1.23 bits per heavy atom. The first-order valence-corrected chi connectivity index (χ1v) is 8.23. The van der Waals surface area contributed by atoms with Crippen LogP contribution >= 0.6 is 12.4 Å². The van der Waals surface area contributed by atoms with Crippen LogP contribution in [0, 0.1) is 0 Å². The standard InChI is InChI=1S/C14H22N2O4S.ClH/c1-4-14(15,5-2)10-16-21(18,19)12-8-6-11(7-9-12)13(17)20-3;/h6-9,16H,4-5,10,15H2,1-3H3;1H. The van der Waals surface area contributed by atoms with Gasteiger partial charge in [-0.15, -0.1) is 12.4 Å². The zero-order valence-corrected chi connectivity index (χ0v) is 14.6. The lowest BCUT2D eigenvalue weighted by molar-refractivity contribution is 0.0600. The average molecular weight is 351 g/mol. The first-order chi connectivity index (χ1) is 9.78. The summed E-state index contributed by atoms with van der Waals surface area (Å²) < 4.78 is 31.4. The Hall–Kier alpha value is -1.15. The number of carbonyl (C=O) groups is 1. The van der Waals surface area contributed by atoms with Crippen LogP contribution in [0.5, 0.6) is 0 Å². The number of halogens is 1. The fourth-order valence-electron chi connectivity index (χ4n) is 1.71. The molecule has 0 bridgehead atoms. The smallest absolute Gasteiger partial charge is 0.337 e. The molecule has 0 radical (unpaired) electrons. The van der Waals surface area contributed by atoms with Gasteiger partial charge in [-0.1, -0.05) is 13.8 Å². The molecule has 1 aromatic rings. The van der Waals surface area contributed by atoms with Crippen LogP contribution in [0.15, 0.2) is 29.2 Å². The Bertz CT molecular complexity index is 583. The Labute approximate surface area is 137 Å². The number of hydrogen-bond acceptors (Lipinski definition) is 5. The number of nitrogens with two attached hydrogens (primary N) is 1. The van der Waals surface area contributed by atoms with Gasteiger partial charge in [0.1, 0.15) is 0 Å². The van der Waals surface area contributed by atoms with Gasteiger partial charge in [0, 0.05) is 12.1 Å². The average Bonchev–Trinajstić information content (AvgIpc) is 2.52. The second kappa shape index (κ2) is 8.47. The molecule has 0 aliphatic heterocycles. The molecule has 0 saturated heterocycles. The van der Waals surface area contributed by atoms with Crippen molar-refractivity contribution < 1.29 is 17.9 Å². The van der Waals surface area contributed by atoms with Crippen LogP contribution in [0.2, 0.25) is 0 Å². The van der Waals surface area contributed by atoms with E-state index in [0.717, 1.165) is 0 Å². The van der Waals surface area contributed by atoms with Crippen molar-refractivity contribution in [3.8, 4) is 0 Å². The Kier molecular flexibility index (Phi) is 8.03. The third-order valence-electron chi connectivity index (χ3n) is 3.61. The summed E-state index contributed by atoms with van der Waals surface area (Å²) in [5.74, 6) is -0.509. The number of methoxy groups -OCH3 is 1. The Balaban J connectivity index is 0.00000441. The summed E-state index contributed by atoms with van der Waals surface area (Å²) in [5, 5.41) is 0. The molecule has 0 amide bonds. The highest BCUT2D eigenvalue weighted by atomic mass is 35.5. The molecule has 1 rings (SSSR count). The van der Waals surface area contributed by atoms with Gasteiger partial charge in [0.15, 0.2) is 0 Å². The molecule has 0 saturated carbocycles. The lowest BCUT2D eigenvalue weighted by atomic mass is 9.95. The minimum atomic E-state index is -3.64. The molecule has 0 aromatic heterocycles. The molecule has 0 unspecified atom stereocenters. The van der Waals surface area contributed by atoms with Gasteiger partial charge in [0.2, 0.25) is 10.0 Å². The fraction of sp³-hybridized carbons (Fsp3) is 0.500. The summed E-state index contributed by atoms with van der Waals surface area (Å²) in [6.45, 7) is 4.01. The summed E-state index contributed by atoms with van der Waals surface area (Å²) in [6, 6.07) is 5.56. The van der Waals surface area contributed by atoms with E-state index in [-0.39, 0.29) is 23.8 Å². The molecular formula is C14H23ClN2O4S. The van der Waals surface area contributed by atoms with Gasteiger partial charge < -0.3 is 10.5 Å². The fourth-order valence-corrected chi connectivity index (χ4v) is 2.85. The number of nitrogens with one attached hydrogen (secondary N) is 1. The van der Waals surface area contributed by atoms with Gasteiger partial charge in [-0.2, -0.15) is 0 Å². The van der Waals surface area contributed by atoms with E-state index in [2.05, 4.69) is 9.46 Å². The van der Waals surface area contributed by atoms with E-state index in [9.17, 15) is 13.2 Å². The van der Waals surface area contributed by atoms with Crippen molar-refractivity contribution in [1.29, 1.82) is 0 Å². The lowest BCUT2D eigenvalue weighted by Gasteiger charge is -2.26. The van der Waals surface area contributed by atoms with Crippen molar-refractivity contribution >= 4 is 28.4 Å². The maximum Gasteiger partial charge on any atom is 0.337 e. The van der Waals surface area contributed by atoms with Gasteiger partial charge in [-0.3, -0.25) is 0 Å². The van der Waals surface area contributed by atoms with Gasteiger partial charge in [-0.25, -0.2) is 17.9 Å². The second-order valence-electron chi connectivity index (χ2n) is 4.91. The second-order valence-corrected chi connectivity index (χ2v) is 6.68. The van der Waals surface area contributed by atoms with Crippen LogP contribution in [0.4, 0.5) is 0 Å². The molecule has 0 aliphatic carbocycles. The van der Waals surface area contributed by atoms with Crippen LogP contribution in [-0.2, 0) is 14.8 Å². The van der Waals surface area contributed by atoms with Crippen molar-refractivity contribution in [2.24, 2.45) is 5.73 Å². The molecular weight excluding hydrogens is 328 g/mol. The number of carbonyl (C=O) groups excluding carboxylic acids is 1. The third kappa shape index (κ3) is 5.24. The Morgan fingerprint density at radius 2 is 1.73 bits per heavy atom. The first-order valence-electron chi connectivity index (χ1n) is 6.75. The Morgan fingerprint density at radius 3 is 2.14 bits per heavy atom. The predicted octanol–water partition coefficient (Wildman–Crippen LogP) is 1.69. The predicted molar refractivity (Wildman–Crippen MR) is 87.7 cm³/mol. The van der Waals surface area contributed by atoms with Crippen LogP contribution in [0.25, 0.3) is 0 Å². The minimum absolute atomic E-state index is 0. The van der Waals surface area contributed by atoms with Gasteiger partial charge in [0.25, 0.3) is 0 Å². The number of rotatable bonds is 7. The van der Waals surface area contributed by atoms with Crippen LogP contribution < -0.4 is 10.5 Å². The molecule has 22 heavy (non-hydrogen) atoms. The molecule has 3 N–H and O–H groups in total. The molecule has 0 heterocycles. The van der Waals surface area contributed by atoms with E-state index in [0.29, 0.717) is 18.4 Å². The van der Waals surface area contributed by atoms with E-state index >= 15 is 0 Å². The highest BCUT2D eigenvalue weighted by Gasteiger charge is 2.24. The van der Waals surface area contributed by atoms with E-state index < -0.39 is 21.5 Å². The topological polar surface area (TPSA) is 98.5 Å². The maximum absolute atomic E-state index is 12.2. The lowest BCUT2D eigenvalue weighted by Crippen LogP contribution is -2.49. The van der Waals surface area contributed by atoms with E-state index in [1.807, 2.05) is 13.8 Å². The zero-order valence-electron chi connectivity index (χ0n) is 13.0. The van der Waals surface area contributed by atoms with Crippen molar-refractivity contribution in [1.82, 2.24) is 4.72 Å². The summed E-state index contributed by atoms with van der Waals surface area (Å²) in [6.07, 6.45) is 1.35. The number of esters is 1. The highest BCUT2D eigenvalue weighted by Crippen LogP contribution is 2.14. The van der Waals surface area contributed by atoms with Crippen molar-refractivity contribution in [2.45, 2.75) is 37.1 Å². The number of sulfonamides is 1. The molecule has 126 valence electrons. The number of ether oxygens (including phenoxy) is 1. The van der Waals surface area contributed by atoms with Crippen molar-refractivity contribution in [2.75, 3.05) is 13.7 Å². The van der Waals surface area contributed by atoms with E-state index in [1.54, 1.807) is 0 Å². The maximum atomic E-state index is 12.2. The number of benzene rings is 1. The van der Waals surface area contributed by atoms with Crippen molar-refractivity contribution in [3.05, 3.63) is 29.8 Å². The largest absolute Gasteiger partial charge is 0.465 e. The summed E-state index contributed by atoms with van der Waals surface area (Å²) in [5.41, 5.74) is 5.82. The zero-order chi connectivity index (χ0) is 16.1. The van der Waals surface area contributed by atoms with Gasteiger partial charge >= 0.3 is 5.97 Å². The minimum Gasteiger partial charge on any atom is -0.465 e. The monoisotopic (exact) mass is 350 g/mol. The third-order valence-corrected chi connectivity index (χ3v) is 5.03. The molecule has 8 heteroatoms. The van der Waals surface area contributed by atoms with Crippen molar-refractivity contribution in [3.63, 3.8) is 0 Å². The van der Waals surface area contributed by atoms with Crippen LogP contribution in [-0.4, -0.2) is 33.6 Å². The van der Waals surface area contributed by atoms with E-state index in [4.69, 9.17) is 5.73 Å². The van der Waals surface area contributed by atoms with Crippen LogP contribution in [0.3, 0.4) is 0 Å². The quantitative estimate of drug-likeness (QED) is 0.729. The molecule has 0 aliphatic rings. The number of hydrogen-bond donors (Lipinski definition) is 2. The summed E-state index contributed by atoms with van der Waals surface area (Å²) in [7, 11) is -2.38. The molecule has 0 atom stereocenters. The molecule has 0 fully saturated rings. The highest BCUT2D eigenvalue weighted by molar-refractivity contribution is 7.89. The first kappa shape index (κ1) is 20.9. The summed E-state index contributed by atoms with van der Waals surface area (Å²) >= 11 is 0. The normalized spacial score (nSPS) is 11.6. The van der Waals surface area contributed by atoms with Crippen LogP contribution in [0.1, 0.15) is 37.0 Å². The molecule has 0 spiro atoms. The molecule has 1 aromatic carbocycles.